The zero-order valence-corrected chi connectivity index (χ0v) is 6.64. The highest BCUT2D eigenvalue weighted by Gasteiger charge is 2.44. The smallest absolute Gasteiger partial charge is 0.340 e. The topological polar surface area (TPSA) is 104 Å². The van der Waals surface area contributed by atoms with Crippen molar-refractivity contribution in [3.8, 4) is 0 Å². The SMILES string of the molecule is COC(=O)C(C)(O)[C@H](O)C(=O)O. The van der Waals surface area contributed by atoms with Crippen LogP contribution in [-0.4, -0.2) is 46.1 Å². The summed E-state index contributed by atoms with van der Waals surface area (Å²) in [7, 11) is 0.978. The number of carboxylic acids is 1. The standard InChI is InChI=1S/C6H10O6/c1-6(11,5(10)12-2)3(7)4(8)9/h3,7,11H,1-2H3,(H,8,9)/t3-,6?/m1/s1. The maximum absolute atomic E-state index is 10.7. The van der Waals surface area contributed by atoms with E-state index in [0.29, 0.717) is 0 Å². The number of aliphatic hydroxyl groups is 2. The zero-order valence-electron chi connectivity index (χ0n) is 6.64. The minimum atomic E-state index is -2.42. The highest BCUT2D eigenvalue weighted by atomic mass is 16.5. The van der Waals surface area contributed by atoms with Gasteiger partial charge in [-0.2, -0.15) is 0 Å². The number of hydrogen-bond acceptors (Lipinski definition) is 5. The molecule has 0 spiro atoms. The average Bonchev–Trinajstić information content (AvgIpc) is 2.01. The lowest BCUT2D eigenvalue weighted by Gasteiger charge is -2.22. The molecule has 2 atom stereocenters. The Bertz CT molecular complexity index is 196. The van der Waals surface area contributed by atoms with Crippen LogP contribution in [0.15, 0.2) is 0 Å². The second kappa shape index (κ2) is 3.51. The van der Waals surface area contributed by atoms with Crippen molar-refractivity contribution in [2.24, 2.45) is 0 Å². The Morgan fingerprint density at radius 1 is 1.50 bits per heavy atom. The van der Waals surface area contributed by atoms with Gasteiger partial charge in [0.25, 0.3) is 0 Å². The fourth-order valence-electron chi connectivity index (χ4n) is 0.559. The van der Waals surface area contributed by atoms with Gasteiger partial charge in [0.05, 0.1) is 7.11 Å². The first kappa shape index (κ1) is 10.9. The highest BCUT2D eigenvalue weighted by Crippen LogP contribution is 2.11. The molecule has 12 heavy (non-hydrogen) atoms. The molecule has 0 heterocycles. The highest BCUT2D eigenvalue weighted by molar-refractivity contribution is 5.87. The van der Waals surface area contributed by atoms with Gasteiger partial charge in [-0.15, -0.1) is 0 Å². The van der Waals surface area contributed by atoms with Crippen LogP contribution in [0.4, 0.5) is 0 Å². The van der Waals surface area contributed by atoms with Gasteiger partial charge in [0.2, 0.25) is 0 Å². The number of esters is 1. The summed E-state index contributed by atoms with van der Waals surface area (Å²) in [5, 5.41) is 26.2. The molecule has 0 fully saturated rings. The number of methoxy groups -OCH3 is 1. The normalized spacial score (nSPS) is 17.7. The van der Waals surface area contributed by atoms with Gasteiger partial charge in [0.1, 0.15) is 0 Å². The number of aliphatic carboxylic acids is 1. The summed E-state index contributed by atoms with van der Waals surface area (Å²) in [5.41, 5.74) is -2.42. The van der Waals surface area contributed by atoms with Gasteiger partial charge < -0.3 is 20.1 Å². The molecule has 0 aliphatic rings. The molecule has 0 aromatic rings. The zero-order chi connectivity index (χ0) is 9.94. The summed E-state index contributed by atoms with van der Waals surface area (Å²) in [4.78, 5) is 20.8. The summed E-state index contributed by atoms with van der Waals surface area (Å²) < 4.78 is 4.07. The molecule has 0 aromatic carbocycles. The molecule has 6 nitrogen and oxygen atoms in total. The maximum Gasteiger partial charge on any atom is 0.340 e. The molecule has 1 unspecified atom stereocenters. The predicted octanol–water partition coefficient (Wildman–Crippen LogP) is -1.64. The Labute approximate surface area is 68.4 Å². The van der Waals surface area contributed by atoms with E-state index >= 15 is 0 Å². The number of rotatable bonds is 3. The van der Waals surface area contributed by atoms with Gasteiger partial charge in [-0.05, 0) is 6.92 Å². The van der Waals surface area contributed by atoms with Crippen molar-refractivity contribution in [2.45, 2.75) is 18.6 Å². The fourth-order valence-corrected chi connectivity index (χ4v) is 0.559. The van der Waals surface area contributed by atoms with Crippen LogP contribution in [0, 0.1) is 0 Å². The second-order valence-electron chi connectivity index (χ2n) is 2.38. The number of carboxylic acid groups (broad SMARTS) is 1. The van der Waals surface area contributed by atoms with Crippen LogP contribution < -0.4 is 0 Å². The van der Waals surface area contributed by atoms with E-state index in [1.807, 2.05) is 0 Å². The van der Waals surface area contributed by atoms with Crippen LogP contribution >= 0.6 is 0 Å². The minimum absolute atomic E-state index is 0.859. The van der Waals surface area contributed by atoms with Crippen molar-refractivity contribution >= 4 is 11.9 Å². The molecule has 0 saturated carbocycles. The molecule has 0 saturated heterocycles. The molecule has 3 N–H and O–H groups in total. The van der Waals surface area contributed by atoms with Gasteiger partial charge in [-0.3, -0.25) is 0 Å². The summed E-state index contributed by atoms with van der Waals surface area (Å²) in [6, 6.07) is 0. The molecular weight excluding hydrogens is 168 g/mol. The van der Waals surface area contributed by atoms with E-state index in [1.54, 1.807) is 0 Å². The van der Waals surface area contributed by atoms with E-state index in [-0.39, 0.29) is 0 Å². The van der Waals surface area contributed by atoms with Crippen LogP contribution in [0.1, 0.15) is 6.92 Å². The van der Waals surface area contributed by atoms with Crippen LogP contribution in [0.5, 0.6) is 0 Å². The Morgan fingerprint density at radius 3 is 2.17 bits per heavy atom. The van der Waals surface area contributed by atoms with Crippen molar-refractivity contribution in [3.63, 3.8) is 0 Å². The van der Waals surface area contributed by atoms with Gasteiger partial charge in [0.15, 0.2) is 11.7 Å². The monoisotopic (exact) mass is 178 g/mol. The lowest BCUT2D eigenvalue weighted by Crippen LogP contribution is -2.51. The van der Waals surface area contributed by atoms with Crippen LogP contribution in [0.2, 0.25) is 0 Å². The second-order valence-corrected chi connectivity index (χ2v) is 2.38. The Morgan fingerprint density at radius 2 is 1.92 bits per heavy atom. The Balaban J connectivity index is 4.60. The fraction of sp³-hybridized carbons (Fsp3) is 0.667. The van der Waals surface area contributed by atoms with Crippen molar-refractivity contribution in [3.05, 3.63) is 0 Å². The van der Waals surface area contributed by atoms with E-state index in [4.69, 9.17) is 15.3 Å². The summed E-state index contributed by atoms with van der Waals surface area (Å²) >= 11 is 0. The molecule has 0 radical (unpaired) electrons. The maximum atomic E-state index is 10.7. The third-order valence-corrected chi connectivity index (χ3v) is 1.37. The predicted molar refractivity (Wildman–Crippen MR) is 36.3 cm³/mol. The molecule has 70 valence electrons. The van der Waals surface area contributed by atoms with E-state index in [9.17, 15) is 9.59 Å². The van der Waals surface area contributed by atoms with E-state index in [1.165, 1.54) is 0 Å². The van der Waals surface area contributed by atoms with E-state index in [0.717, 1.165) is 14.0 Å². The lowest BCUT2D eigenvalue weighted by molar-refractivity contribution is -0.182. The molecular formula is C6H10O6. The van der Waals surface area contributed by atoms with Crippen molar-refractivity contribution in [2.75, 3.05) is 7.11 Å². The Hall–Kier alpha value is -1.14. The third kappa shape index (κ3) is 1.93. The molecule has 0 aromatic heterocycles. The van der Waals surface area contributed by atoms with Crippen LogP contribution in [0.25, 0.3) is 0 Å². The van der Waals surface area contributed by atoms with Crippen molar-refractivity contribution in [1.82, 2.24) is 0 Å². The first-order valence-corrected chi connectivity index (χ1v) is 3.05. The van der Waals surface area contributed by atoms with E-state index in [2.05, 4.69) is 4.74 Å². The lowest BCUT2D eigenvalue weighted by atomic mass is 10.00. The first-order valence-electron chi connectivity index (χ1n) is 3.05. The molecule has 0 aliphatic carbocycles. The van der Waals surface area contributed by atoms with Crippen LogP contribution in [-0.2, 0) is 14.3 Å². The molecule has 6 heteroatoms. The molecule has 0 amide bonds. The van der Waals surface area contributed by atoms with Crippen molar-refractivity contribution < 1.29 is 29.6 Å². The summed E-state index contributed by atoms with van der Waals surface area (Å²) in [6.07, 6.45) is -2.19. The Kier molecular flexibility index (Phi) is 3.17. The van der Waals surface area contributed by atoms with Crippen LogP contribution in [0.3, 0.4) is 0 Å². The number of carbonyl (C=O) groups is 2. The molecule has 0 bridgehead atoms. The largest absolute Gasteiger partial charge is 0.479 e. The number of ether oxygens (including phenoxy) is 1. The number of carbonyl (C=O) groups excluding carboxylic acids is 1. The number of aliphatic hydroxyl groups excluding tert-OH is 1. The van der Waals surface area contributed by atoms with E-state index < -0.39 is 23.6 Å². The summed E-state index contributed by atoms with van der Waals surface area (Å²) in [6.45, 7) is 0.859. The van der Waals surface area contributed by atoms with Gasteiger partial charge in [-0.25, -0.2) is 9.59 Å². The van der Waals surface area contributed by atoms with Gasteiger partial charge >= 0.3 is 11.9 Å². The quantitative estimate of drug-likeness (QED) is 0.447. The molecule has 0 aliphatic heterocycles. The summed E-state index contributed by atoms with van der Waals surface area (Å²) in [5.74, 6) is -2.89. The van der Waals surface area contributed by atoms with Crippen molar-refractivity contribution in [1.29, 1.82) is 0 Å². The minimum Gasteiger partial charge on any atom is -0.479 e. The van der Waals surface area contributed by atoms with Gasteiger partial charge in [-0.1, -0.05) is 0 Å². The first-order chi connectivity index (χ1) is 5.34. The molecule has 0 rings (SSSR count). The number of hydrogen-bond donors (Lipinski definition) is 3. The third-order valence-electron chi connectivity index (χ3n) is 1.37. The van der Waals surface area contributed by atoms with Gasteiger partial charge in [0, 0.05) is 0 Å². The average molecular weight is 178 g/mol.